The number of benzene rings is 1. The first-order valence-electron chi connectivity index (χ1n) is 9.20. The van der Waals surface area contributed by atoms with Crippen LogP contribution in [0.1, 0.15) is 46.0 Å². The van der Waals surface area contributed by atoms with Crippen LogP contribution < -0.4 is 5.56 Å². The molecule has 0 amide bonds. The first kappa shape index (κ1) is 22.5. The number of hydrogen-bond acceptors (Lipinski definition) is 6. The van der Waals surface area contributed by atoms with Crippen LogP contribution in [-0.4, -0.2) is 72.5 Å². The zero-order chi connectivity index (χ0) is 20.3. The Kier molecular flexibility index (Phi) is 6.03. The Bertz CT molecular complexity index is 1140. The van der Waals surface area contributed by atoms with Crippen LogP contribution in [0.4, 0.5) is 0 Å². The van der Waals surface area contributed by atoms with Crippen LogP contribution in [0.5, 0.6) is 0 Å². The van der Waals surface area contributed by atoms with E-state index in [9.17, 15) is 18.0 Å². The topological polar surface area (TPSA) is 107 Å². The number of fused-ring (bicyclic) bond motifs is 2. The second-order valence-corrected chi connectivity index (χ2v) is 9.20. The number of rotatable bonds is 3. The SMILES string of the molecule is CCn1[nH]cc(C(=O)c2cc(C)c3c(c2C)C2(CCS3(=O)=O)OCCO2)c1=O.[Na]. The molecular formula is C19H22N2NaO6S. The predicted molar refractivity (Wildman–Crippen MR) is 106 cm³/mol. The van der Waals surface area contributed by atoms with Gasteiger partial charge in [0, 0.05) is 59.8 Å². The van der Waals surface area contributed by atoms with E-state index in [2.05, 4.69) is 5.10 Å². The number of sulfone groups is 1. The first-order chi connectivity index (χ1) is 13.2. The van der Waals surface area contributed by atoms with Crippen molar-refractivity contribution < 1.29 is 22.7 Å². The number of aromatic amines is 1. The zero-order valence-corrected chi connectivity index (χ0v) is 19.8. The summed E-state index contributed by atoms with van der Waals surface area (Å²) in [6.07, 6.45) is 1.56. The van der Waals surface area contributed by atoms with E-state index in [1.165, 1.54) is 10.9 Å². The van der Waals surface area contributed by atoms with Gasteiger partial charge in [0.15, 0.2) is 21.4 Å². The van der Waals surface area contributed by atoms with Crippen LogP contribution >= 0.6 is 0 Å². The maximum Gasteiger partial charge on any atom is 0.277 e. The van der Waals surface area contributed by atoms with E-state index in [0.29, 0.717) is 36.4 Å². The Morgan fingerprint density at radius 1 is 1.24 bits per heavy atom. The third-order valence-corrected chi connectivity index (χ3v) is 7.41. The number of carbonyl (C=O) groups is 1. The van der Waals surface area contributed by atoms with Gasteiger partial charge in [-0.05, 0) is 38.0 Å². The van der Waals surface area contributed by atoms with E-state index in [4.69, 9.17) is 9.47 Å². The zero-order valence-electron chi connectivity index (χ0n) is 17.0. The fraction of sp³-hybridized carbons (Fsp3) is 0.474. The summed E-state index contributed by atoms with van der Waals surface area (Å²) in [5, 5.41) is 2.77. The van der Waals surface area contributed by atoms with Crippen molar-refractivity contribution in [3.8, 4) is 0 Å². The molecule has 29 heavy (non-hydrogen) atoms. The summed E-state index contributed by atoms with van der Waals surface area (Å²) >= 11 is 0. The minimum Gasteiger partial charge on any atom is -0.343 e. The molecule has 1 aromatic heterocycles. The molecule has 10 heteroatoms. The van der Waals surface area contributed by atoms with Gasteiger partial charge in [0.1, 0.15) is 5.56 Å². The number of nitrogens with one attached hydrogen (secondary N) is 1. The maximum atomic E-state index is 13.2. The van der Waals surface area contributed by atoms with Crippen molar-refractivity contribution in [3.05, 3.63) is 50.4 Å². The van der Waals surface area contributed by atoms with Gasteiger partial charge in [0.2, 0.25) is 0 Å². The Morgan fingerprint density at radius 2 is 1.90 bits per heavy atom. The molecule has 1 saturated heterocycles. The van der Waals surface area contributed by atoms with Gasteiger partial charge in [-0.25, -0.2) is 8.42 Å². The average molecular weight is 429 g/mol. The number of ether oxygens (including phenoxy) is 2. The molecule has 3 heterocycles. The third kappa shape index (κ3) is 3.37. The molecule has 0 unspecified atom stereocenters. The summed E-state index contributed by atoms with van der Waals surface area (Å²) in [7, 11) is -3.52. The van der Waals surface area contributed by atoms with E-state index in [1.807, 2.05) is 0 Å². The predicted octanol–water partition coefficient (Wildman–Crippen LogP) is 1.04. The number of aromatic nitrogens is 2. The molecule has 0 saturated carbocycles. The molecule has 0 bridgehead atoms. The van der Waals surface area contributed by atoms with Gasteiger partial charge in [-0.1, -0.05) is 0 Å². The van der Waals surface area contributed by atoms with Crippen LogP contribution in [0.3, 0.4) is 0 Å². The van der Waals surface area contributed by atoms with Crippen molar-refractivity contribution in [1.82, 2.24) is 9.78 Å². The van der Waals surface area contributed by atoms with Crippen LogP contribution in [0.25, 0.3) is 0 Å². The van der Waals surface area contributed by atoms with E-state index in [-0.39, 0.29) is 57.8 Å². The molecular weight excluding hydrogens is 407 g/mol. The second kappa shape index (κ2) is 7.79. The largest absolute Gasteiger partial charge is 0.343 e. The summed E-state index contributed by atoms with van der Waals surface area (Å²) in [6.45, 7) is 6.26. The van der Waals surface area contributed by atoms with Gasteiger partial charge in [-0.15, -0.1) is 0 Å². The Labute approximate surface area is 190 Å². The van der Waals surface area contributed by atoms with Crippen LogP contribution in [-0.2, 0) is 31.6 Å². The Hall–Kier alpha value is -1.23. The van der Waals surface area contributed by atoms with E-state index >= 15 is 0 Å². The molecule has 2 aromatic rings. The smallest absolute Gasteiger partial charge is 0.277 e. The quantitative estimate of drug-likeness (QED) is 0.577. The van der Waals surface area contributed by atoms with Crippen molar-refractivity contribution in [2.24, 2.45) is 0 Å². The van der Waals surface area contributed by atoms with Crippen molar-refractivity contribution in [2.75, 3.05) is 19.0 Å². The minimum atomic E-state index is -3.52. The van der Waals surface area contributed by atoms with Crippen molar-refractivity contribution in [1.29, 1.82) is 0 Å². The van der Waals surface area contributed by atoms with Crippen molar-refractivity contribution in [3.63, 3.8) is 0 Å². The standard InChI is InChI=1S/C19H22N2O6S.Na/c1-4-21-18(23)14(10-20-21)16(22)13-9-11(2)17-15(12(13)3)19(26-6-7-27-19)5-8-28(17,24)25;/h9-10,20H,4-8H2,1-3H3;. The fourth-order valence-electron chi connectivity index (χ4n) is 4.18. The number of hydrogen-bond donors (Lipinski definition) is 1. The molecule has 2 aliphatic rings. The summed E-state index contributed by atoms with van der Waals surface area (Å²) in [5.41, 5.74) is 1.22. The first-order valence-corrected chi connectivity index (χ1v) is 10.9. The molecule has 1 aromatic carbocycles. The molecule has 0 aliphatic carbocycles. The van der Waals surface area contributed by atoms with Gasteiger partial charge < -0.3 is 14.6 Å². The molecule has 1 fully saturated rings. The average Bonchev–Trinajstić information content (AvgIpc) is 3.27. The van der Waals surface area contributed by atoms with Crippen LogP contribution in [0.15, 0.2) is 22.0 Å². The molecule has 2 aliphatic heterocycles. The van der Waals surface area contributed by atoms with Crippen LogP contribution in [0.2, 0.25) is 0 Å². The Morgan fingerprint density at radius 3 is 2.48 bits per heavy atom. The normalized spacial score (nSPS) is 19.0. The monoisotopic (exact) mass is 429 g/mol. The summed E-state index contributed by atoms with van der Waals surface area (Å²) in [5.74, 6) is -1.69. The molecule has 4 rings (SSSR count). The number of carbonyl (C=O) groups excluding carboxylic acids is 1. The van der Waals surface area contributed by atoms with Gasteiger partial charge in [-0.2, -0.15) is 0 Å². The van der Waals surface area contributed by atoms with Crippen molar-refractivity contribution >= 4 is 45.2 Å². The molecule has 1 radical (unpaired) electrons. The summed E-state index contributed by atoms with van der Waals surface area (Å²) < 4.78 is 38.6. The summed E-state index contributed by atoms with van der Waals surface area (Å²) in [4.78, 5) is 25.7. The van der Waals surface area contributed by atoms with Gasteiger partial charge in [-0.3, -0.25) is 14.3 Å². The number of aryl methyl sites for hydroxylation is 2. The number of nitrogens with zero attached hydrogens (tertiary/aromatic N) is 1. The fourth-order valence-corrected chi connectivity index (χ4v) is 6.09. The maximum absolute atomic E-state index is 13.2. The van der Waals surface area contributed by atoms with E-state index in [1.54, 1.807) is 26.8 Å². The number of ketones is 1. The minimum absolute atomic E-state index is 0. The van der Waals surface area contributed by atoms with E-state index < -0.39 is 27.0 Å². The molecule has 8 nitrogen and oxygen atoms in total. The van der Waals surface area contributed by atoms with Gasteiger partial charge in [0.05, 0.1) is 23.9 Å². The molecule has 1 spiro atoms. The van der Waals surface area contributed by atoms with Gasteiger partial charge in [0.25, 0.3) is 5.56 Å². The van der Waals surface area contributed by atoms with Crippen molar-refractivity contribution in [2.45, 2.75) is 44.4 Å². The third-order valence-electron chi connectivity index (χ3n) is 5.52. The van der Waals surface area contributed by atoms with E-state index in [0.717, 1.165) is 0 Å². The van der Waals surface area contributed by atoms with Crippen LogP contribution in [0, 0.1) is 13.8 Å². The second-order valence-electron chi connectivity index (χ2n) is 7.15. The summed E-state index contributed by atoms with van der Waals surface area (Å²) in [6, 6.07) is 1.55. The molecule has 1 N–H and O–H groups in total. The number of H-pyrrole nitrogens is 1. The van der Waals surface area contributed by atoms with Gasteiger partial charge >= 0.3 is 0 Å². The molecule has 0 atom stereocenters. The Balaban J connectivity index is 0.00000240. The molecule has 151 valence electrons.